The van der Waals surface area contributed by atoms with Gasteiger partial charge in [0, 0.05) is 12.1 Å². The third-order valence-electron chi connectivity index (χ3n) is 0.737. The zero-order chi connectivity index (χ0) is 12.0. The molecule has 0 saturated heterocycles. The van der Waals surface area contributed by atoms with Gasteiger partial charge in [-0.2, -0.15) is 0 Å². The lowest BCUT2D eigenvalue weighted by Gasteiger charge is -1.88. The summed E-state index contributed by atoms with van der Waals surface area (Å²) in [5.74, 6) is 0.690. The van der Waals surface area contributed by atoms with Crippen LogP contribution in [0.3, 0.4) is 0 Å². The third kappa shape index (κ3) is 43.5. The van der Waals surface area contributed by atoms with Gasteiger partial charge >= 0.3 is 0 Å². The molecule has 0 atom stereocenters. The lowest BCUT2D eigenvalue weighted by atomic mass is 10.3. The van der Waals surface area contributed by atoms with E-state index < -0.39 is 0 Å². The summed E-state index contributed by atoms with van der Waals surface area (Å²) in [7, 11) is 3.04. The second-order valence-corrected chi connectivity index (χ2v) is 3.06. The van der Waals surface area contributed by atoms with Crippen molar-refractivity contribution in [3.05, 3.63) is 0 Å². The number of oxime groups is 1. The average Bonchev–Trinajstić information content (AvgIpc) is 2.18. The molecule has 0 saturated carbocycles. The molecule has 4 heteroatoms. The Bertz CT molecular complexity index is 123. The van der Waals surface area contributed by atoms with Gasteiger partial charge in [0.25, 0.3) is 0 Å². The maximum Gasteiger partial charge on any atom is 0.122 e. The molecule has 0 fully saturated rings. The van der Waals surface area contributed by atoms with Gasteiger partial charge in [0.05, 0.1) is 0 Å². The van der Waals surface area contributed by atoms with Crippen molar-refractivity contribution < 1.29 is 9.63 Å². The van der Waals surface area contributed by atoms with Crippen molar-refractivity contribution in [3.8, 4) is 0 Å². The lowest BCUT2D eigenvalue weighted by Crippen LogP contribution is -1.86. The smallest absolute Gasteiger partial charge is 0.122 e. The van der Waals surface area contributed by atoms with Crippen LogP contribution in [-0.2, 0) is 9.63 Å². The number of hydrogen-bond donors (Lipinski definition) is 1. The first-order valence-electron chi connectivity index (χ1n) is 4.64. The molecule has 0 unspecified atom stereocenters. The number of nitrogens with two attached hydrogens (primary N) is 1. The van der Waals surface area contributed by atoms with E-state index in [1.54, 1.807) is 13.3 Å². The molecular formula is C10H24N2O2. The van der Waals surface area contributed by atoms with Crippen LogP contribution in [0.15, 0.2) is 5.16 Å². The quantitative estimate of drug-likeness (QED) is 0.432. The topological polar surface area (TPSA) is 64.7 Å². The minimum absolute atomic E-state index is 0.204. The number of aldehydes is 1. The number of carbonyl (C=O) groups is 1. The van der Waals surface area contributed by atoms with Crippen molar-refractivity contribution in [2.75, 3.05) is 14.2 Å². The Morgan fingerprint density at radius 2 is 1.50 bits per heavy atom. The second-order valence-electron chi connectivity index (χ2n) is 3.06. The fourth-order valence-electron chi connectivity index (χ4n) is 0.183. The molecule has 0 aromatic rings. The Kier molecular flexibility index (Phi) is 24.2. The molecule has 0 bridgehead atoms. The van der Waals surface area contributed by atoms with E-state index in [9.17, 15) is 4.79 Å². The van der Waals surface area contributed by atoms with Crippen molar-refractivity contribution >= 4 is 12.5 Å². The molecule has 86 valence electrons. The second kappa shape index (κ2) is 18.0. The number of carbonyl (C=O) groups excluding carboxylic acids is 1. The van der Waals surface area contributed by atoms with Crippen molar-refractivity contribution in [3.63, 3.8) is 0 Å². The molecule has 0 aliphatic rings. The average molecular weight is 204 g/mol. The first-order chi connectivity index (χ1) is 6.54. The van der Waals surface area contributed by atoms with E-state index in [1.165, 1.54) is 7.05 Å². The van der Waals surface area contributed by atoms with Crippen LogP contribution >= 0.6 is 0 Å². The van der Waals surface area contributed by atoms with E-state index in [-0.39, 0.29) is 5.92 Å². The molecule has 4 nitrogen and oxygen atoms in total. The minimum atomic E-state index is 0.204. The van der Waals surface area contributed by atoms with Crippen LogP contribution in [0.5, 0.6) is 0 Å². The molecule has 2 N–H and O–H groups in total. The summed E-state index contributed by atoms with van der Waals surface area (Å²) in [5, 5.41) is 3.55. The summed E-state index contributed by atoms with van der Waals surface area (Å²) in [4.78, 5) is 13.9. The summed E-state index contributed by atoms with van der Waals surface area (Å²) < 4.78 is 0. The van der Waals surface area contributed by atoms with Gasteiger partial charge in [0.2, 0.25) is 0 Å². The summed E-state index contributed by atoms with van der Waals surface area (Å²) in [6.45, 7) is 7.80. The molecule has 0 heterocycles. The summed E-state index contributed by atoms with van der Waals surface area (Å²) in [6, 6.07) is 0. The first-order valence-corrected chi connectivity index (χ1v) is 4.64. The van der Waals surface area contributed by atoms with Gasteiger partial charge in [-0.15, -0.1) is 0 Å². The van der Waals surface area contributed by atoms with E-state index in [4.69, 9.17) is 0 Å². The maximum absolute atomic E-state index is 9.50. The Hall–Kier alpha value is -0.900. The van der Waals surface area contributed by atoms with Crippen molar-refractivity contribution in [1.82, 2.24) is 0 Å². The minimum Gasteiger partial charge on any atom is -0.399 e. The van der Waals surface area contributed by atoms with E-state index in [1.807, 2.05) is 27.7 Å². The highest BCUT2D eigenvalue weighted by Crippen LogP contribution is 1.83. The van der Waals surface area contributed by atoms with Gasteiger partial charge in [0.1, 0.15) is 13.4 Å². The molecule has 0 aromatic carbocycles. The van der Waals surface area contributed by atoms with E-state index >= 15 is 0 Å². The van der Waals surface area contributed by atoms with Gasteiger partial charge < -0.3 is 15.4 Å². The fourth-order valence-corrected chi connectivity index (χ4v) is 0.183. The zero-order valence-electron chi connectivity index (χ0n) is 10.2. The van der Waals surface area contributed by atoms with Crippen molar-refractivity contribution in [1.29, 1.82) is 0 Å². The van der Waals surface area contributed by atoms with E-state index in [0.717, 1.165) is 6.29 Å². The molecule has 0 aliphatic heterocycles. The van der Waals surface area contributed by atoms with E-state index in [2.05, 4.69) is 15.7 Å². The molecule has 0 rings (SSSR count). The molecule has 14 heavy (non-hydrogen) atoms. The highest BCUT2D eigenvalue weighted by molar-refractivity contribution is 5.58. The molecule has 0 aliphatic carbocycles. The Labute approximate surface area is 87.5 Å². The highest BCUT2D eigenvalue weighted by Gasteiger charge is 1.81. The third-order valence-corrected chi connectivity index (χ3v) is 0.737. The predicted octanol–water partition coefficient (Wildman–Crippen LogP) is 1.69. The van der Waals surface area contributed by atoms with Crippen LogP contribution in [0, 0.1) is 11.8 Å². The molecule has 0 radical (unpaired) electrons. The maximum atomic E-state index is 9.50. The van der Waals surface area contributed by atoms with Gasteiger partial charge in [0.15, 0.2) is 0 Å². The summed E-state index contributed by atoms with van der Waals surface area (Å²) >= 11 is 0. The number of rotatable bonds is 3. The van der Waals surface area contributed by atoms with Gasteiger partial charge in [-0.05, 0) is 13.0 Å². The Morgan fingerprint density at radius 3 is 1.57 bits per heavy atom. The molecule has 0 spiro atoms. The molecule has 0 aromatic heterocycles. The summed E-state index contributed by atoms with van der Waals surface area (Å²) in [5.41, 5.74) is 4.50. The number of hydrogen-bond acceptors (Lipinski definition) is 4. The van der Waals surface area contributed by atoms with Gasteiger partial charge in [-0.3, -0.25) is 0 Å². The standard InChI is InChI=1S/C5H11NO.C4H8O.CH5N/c1-5(2)4-6-7-3;1-4(2)3-5;1-2/h4-5H,1-3H3;3-4H,1-2H3;2H2,1H3. The van der Waals surface area contributed by atoms with Crippen LogP contribution in [-0.4, -0.2) is 26.7 Å². The van der Waals surface area contributed by atoms with Crippen LogP contribution in [0.2, 0.25) is 0 Å². The Balaban J connectivity index is -0.000000152. The number of nitrogens with zero attached hydrogens (tertiary/aromatic N) is 1. The molecule has 0 amide bonds. The zero-order valence-corrected chi connectivity index (χ0v) is 10.2. The van der Waals surface area contributed by atoms with Crippen molar-refractivity contribution in [2.45, 2.75) is 27.7 Å². The normalized spacial score (nSPS) is 8.93. The van der Waals surface area contributed by atoms with Crippen LogP contribution in [0.25, 0.3) is 0 Å². The predicted molar refractivity (Wildman–Crippen MR) is 61.4 cm³/mol. The first kappa shape index (κ1) is 18.8. The largest absolute Gasteiger partial charge is 0.399 e. The monoisotopic (exact) mass is 204 g/mol. The van der Waals surface area contributed by atoms with E-state index in [0.29, 0.717) is 5.92 Å². The fraction of sp³-hybridized carbons (Fsp3) is 0.800. The van der Waals surface area contributed by atoms with Gasteiger partial charge in [-0.25, -0.2) is 0 Å². The molecular weight excluding hydrogens is 180 g/mol. The van der Waals surface area contributed by atoms with Crippen LogP contribution in [0.1, 0.15) is 27.7 Å². The highest BCUT2D eigenvalue weighted by atomic mass is 16.6. The lowest BCUT2D eigenvalue weighted by molar-refractivity contribution is -0.110. The van der Waals surface area contributed by atoms with Gasteiger partial charge in [-0.1, -0.05) is 32.9 Å². The van der Waals surface area contributed by atoms with Crippen LogP contribution in [0.4, 0.5) is 0 Å². The SMILES string of the molecule is CC(C)C=O.CN.CON=CC(C)C. The Morgan fingerprint density at radius 1 is 1.14 bits per heavy atom. The van der Waals surface area contributed by atoms with Crippen LogP contribution < -0.4 is 5.73 Å². The summed E-state index contributed by atoms with van der Waals surface area (Å²) in [6.07, 6.45) is 2.67. The van der Waals surface area contributed by atoms with Crippen molar-refractivity contribution in [2.24, 2.45) is 22.7 Å².